The van der Waals surface area contributed by atoms with Gasteiger partial charge in [-0.25, -0.2) is 0 Å². The van der Waals surface area contributed by atoms with Gasteiger partial charge in [0.15, 0.2) is 6.10 Å². The van der Waals surface area contributed by atoms with Crippen molar-refractivity contribution in [2.45, 2.75) is 297 Å². The molecule has 0 aliphatic carbocycles. The normalized spacial score (nSPS) is 12.5. The van der Waals surface area contributed by atoms with E-state index in [1.165, 1.54) is 154 Å². The zero-order valence-electron chi connectivity index (χ0n) is 44.4. The maximum Gasteiger partial charge on any atom is 0.306 e. The van der Waals surface area contributed by atoms with Crippen LogP contribution >= 0.6 is 0 Å². The third kappa shape index (κ3) is 53.9. The second kappa shape index (κ2) is 55.7. The van der Waals surface area contributed by atoms with E-state index in [2.05, 4.69) is 81.5 Å². The minimum Gasteiger partial charge on any atom is -0.462 e. The molecule has 0 aliphatic rings. The number of esters is 3. The van der Waals surface area contributed by atoms with Crippen molar-refractivity contribution in [3.05, 3.63) is 60.8 Å². The molecule has 0 amide bonds. The molecule has 0 aliphatic heterocycles. The molecule has 0 spiro atoms. The van der Waals surface area contributed by atoms with Crippen molar-refractivity contribution in [2.75, 3.05) is 13.2 Å². The zero-order valence-corrected chi connectivity index (χ0v) is 44.4. The molecule has 1 unspecified atom stereocenters. The van der Waals surface area contributed by atoms with E-state index in [4.69, 9.17) is 14.2 Å². The van der Waals surface area contributed by atoms with Crippen LogP contribution in [0, 0.1) is 0 Å². The smallest absolute Gasteiger partial charge is 0.306 e. The first-order chi connectivity index (χ1) is 33.0. The van der Waals surface area contributed by atoms with E-state index >= 15 is 0 Å². The van der Waals surface area contributed by atoms with Gasteiger partial charge >= 0.3 is 17.9 Å². The monoisotopic (exact) mass is 937 g/mol. The molecule has 0 aromatic carbocycles. The molecule has 0 aromatic rings. The lowest BCUT2D eigenvalue weighted by molar-refractivity contribution is -0.167. The van der Waals surface area contributed by atoms with Crippen LogP contribution in [0.1, 0.15) is 290 Å². The van der Waals surface area contributed by atoms with Crippen molar-refractivity contribution >= 4 is 17.9 Å². The molecule has 0 heterocycles. The summed E-state index contributed by atoms with van der Waals surface area (Å²) in [5, 5.41) is 0. The largest absolute Gasteiger partial charge is 0.462 e. The Hall–Kier alpha value is -2.89. The van der Waals surface area contributed by atoms with E-state index < -0.39 is 6.10 Å². The first kappa shape index (κ1) is 64.1. The molecule has 0 saturated carbocycles. The highest BCUT2D eigenvalue weighted by atomic mass is 16.6. The summed E-state index contributed by atoms with van der Waals surface area (Å²) in [4.78, 5) is 38.1. The molecule has 388 valence electrons. The molecule has 6 nitrogen and oxygen atoms in total. The Kier molecular flexibility index (Phi) is 53.3. The molecular formula is C61H108O6. The molecule has 0 N–H and O–H groups in total. The minimum absolute atomic E-state index is 0.0734. The molecule has 1 atom stereocenters. The highest BCUT2D eigenvalue weighted by Crippen LogP contribution is 2.16. The molecule has 0 saturated heterocycles. The number of allylic oxidation sites excluding steroid dienone is 10. The lowest BCUT2D eigenvalue weighted by atomic mass is 10.0. The Morgan fingerprint density at radius 1 is 0.313 bits per heavy atom. The van der Waals surface area contributed by atoms with Crippen LogP contribution in [0.4, 0.5) is 0 Å². The molecule has 6 heteroatoms. The Morgan fingerprint density at radius 3 is 0.910 bits per heavy atom. The van der Waals surface area contributed by atoms with E-state index in [-0.39, 0.29) is 31.1 Å². The molecule has 0 fully saturated rings. The van der Waals surface area contributed by atoms with Crippen molar-refractivity contribution in [1.82, 2.24) is 0 Å². The standard InChI is InChI=1S/C61H108O6/c1-4-7-10-13-16-19-22-25-26-27-28-29-30-31-32-33-34-37-39-42-45-48-51-54-60(63)66-57-58(67-61(64)55-52-49-46-43-40-36-24-21-18-15-12-9-6-3)56-65-59(62)53-50-47-44-41-38-35-23-20-17-14-11-8-5-2/h7,10,16,19,25-26,28-29,31-32,58H,4-6,8-9,11-15,17-18,20-24,27,30,33-57H2,1-3H3/b10-7-,19-16-,26-25-,29-28-,32-31-. The summed E-state index contributed by atoms with van der Waals surface area (Å²) >= 11 is 0. The van der Waals surface area contributed by atoms with Crippen molar-refractivity contribution in [3.63, 3.8) is 0 Å². The van der Waals surface area contributed by atoms with Gasteiger partial charge in [-0.3, -0.25) is 14.4 Å². The molecule has 67 heavy (non-hydrogen) atoms. The van der Waals surface area contributed by atoms with Gasteiger partial charge in [-0.15, -0.1) is 0 Å². The quantitative estimate of drug-likeness (QED) is 0.0262. The van der Waals surface area contributed by atoms with Gasteiger partial charge in [-0.05, 0) is 64.2 Å². The van der Waals surface area contributed by atoms with E-state index in [0.29, 0.717) is 19.3 Å². The third-order valence-electron chi connectivity index (χ3n) is 12.5. The summed E-state index contributed by atoms with van der Waals surface area (Å²) in [6.07, 6.45) is 69.2. The fourth-order valence-corrected chi connectivity index (χ4v) is 8.24. The third-order valence-corrected chi connectivity index (χ3v) is 12.5. The van der Waals surface area contributed by atoms with E-state index in [1.807, 2.05) is 0 Å². The van der Waals surface area contributed by atoms with Gasteiger partial charge < -0.3 is 14.2 Å². The molecule has 0 radical (unpaired) electrons. The predicted molar refractivity (Wildman–Crippen MR) is 288 cm³/mol. The minimum atomic E-state index is -0.774. The summed E-state index contributed by atoms with van der Waals surface area (Å²) in [7, 11) is 0. The topological polar surface area (TPSA) is 78.9 Å². The van der Waals surface area contributed by atoms with Crippen LogP contribution in [0.2, 0.25) is 0 Å². The summed E-state index contributed by atoms with van der Waals surface area (Å²) < 4.78 is 16.9. The second-order valence-corrected chi connectivity index (χ2v) is 19.2. The van der Waals surface area contributed by atoms with Crippen LogP contribution in [-0.2, 0) is 28.6 Å². The molecular weight excluding hydrogens is 829 g/mol. The van der Waals surface area contributed by atoms with Gasteiger partial charge in [0, 0.05) is 19.3 Å². The first-order valence-electron chi connectivity index (χ1n) is 28.8. The second-order valence-electron chi connectivity index (χ2n) is 19.2. The molecule has 0 bridgehead atoms. The number of unbranched alkanes of at least 4 members (excludes halogenated alkanes) is 31. The Labute approximate surface area is 415 Å². The maximum absolute atomic E-state index is 12.8. The van der Waals surface area contributed by atoms with Crippen LogP contribution in [0.3, 0.4) is 0 Å². The van der Waals surface area contributed by atoms with Crippen molar-refractivity contribution in [3.8, 4) is 0 Å². The fourth-order valence-electron chi connectivity index (χ4n) is 8.24. The van der Waals surface area contributed by atoms with Gasteiger partial charge in [-0.1, -0.05) is 268 Å². The average molecular weight is 938 g/mol. The number of carbonyl (C=O) groups excluding carboxylic acids is 3. The number of carbonyl (C=O) groups is 3. The van der Waals surface area contributed by atoms with Crippen LogP contribution in [0.25, 0.3) is 0 Å². The van der Waals surface area contributed by atoms with Crippen molar-refractivity contribution in [2.24, 2.45) is 0 Å². The average Bonchev–Trinajstić information content (AvgIpc) is 3.33. The zero-order chi connectivity index (χ0) is 48.6. The van der Waals surface area contributed by atoms with Crippen molar-refractivity contribution < 1.29 is 28.6 Å². The highest BCUT2D eigenvalue weighted by molar-refractivity contribution is 5.71. The van der Waals surface area contributed by atoms with E-state index in [0.717, 1.165) is 96.3 Å². The van der Waals surface area contributed by atoms with Gasteiger partial charge in [-0.2, -0.15) is 0 Å². The van der Waals surface area contributed by atoms with Crippen molar-refractivity contribution in [1.29, 1.82) is 0 Å². The number of ether oxygens (including phenoxy) is 3. The first-order valence-corrected chi connectivity index (χ1v) is 28.8. The van der Waals surface area contributed by atoms with Gasteiger partial charge in [0.1, 0.15) is 13.2 Å². The van der Waals surface area contributed by atoms with Crippen LogP contribution in [0.5, 0.6) is 0 Å². The number of rotatable bonds is 52. The summed E-state index contributed by atoms with van der Waals surface area (Å²) in [6.45, 7) is 6.54. The Bertz CT molecular complexity index is 1210. The van der Waals surface area contributed by atoms with Crippen LogP contribution in [-0.4, -0.2) is 37.2 Å². The highest BCUT2D eigenvalue weighted by Gasteiger charge is 2.19. The number of hydrogen-bond donors (Lipinski definition) is 0. The number of hydrogen-bond acceptors (Lipinski definition) is 6. The lowest BCUT2D eigenvalue weighted by Crippen LogP contribution is -2.30. The van der Waals surface area contributed by atoms with E-state index in [9.17, 15) is 14.4 Å². The van der Waals surface area contributed by atoms with E-state index in [1.54, 1.807) is 0 Å². The summed E-state index contributed by atoms with van der Waals surface area (Å²) in [5.41, 5.74) is 0. The maximum atomic E-state index is 12.8. The summed E-state index contributed by atoms with van der Waals surface area (Å²) in [5.74, 6) is -0.872. The van der Waals surface area contributed by atoms with Crippen LogP contribution < -0.4 is 0 Å². The van der Waals surface area contributed by atoms with Crippen LogP contribution in [0.15, 0.2) is 60.8 Å². The van der Waals surface area contributed by atoms with Gasteiger partial charge in [0.05, 0.1) is 0 Å². The Morgan fingerprint density at radius 2 is 0.582 bits per heavy atom. The fraction of sp³-hybridized carbons (Fsp3) is 0.787. The molecule has 0 rings (SSSR count). The Balaban J connectivity index is 4.31. The summed E-state index contributed by atoms with van der Waals surface area (Å²) in [6, 6.07) is 0. The lowest BCUT2D eigenvalue weighted by Gasteiger charge is -2.18. The van der Waals surface area contributed by atoms with Gasteiger partial charge in [0.2, 0.25) is 0 Å². The predicted octanol–water partition coefficient (Wildman–Crippen LogP) is 19.2. The molecule has 0 aromatic heterocycles. The SMILES string of the molecule is CC/C=C\C/C=C\C/C=C\C/C=C\C/C=C\CCCCCCCCCC(=O)OCC(COC(=O)CCCCCCCCCCCCCCC)OC(=O)CCCCCCCCCCCCCCC. The van der Waals surface area contributed by atoms with Gasteiger partial charge in [0.25, 0.3) is 0 Å².